The molecule has 1 heterocycles. The van der Waals surface area contributed by atoms with Crippen LogP contribution in [-0.4, -0.2) is 42.5 Å². The number of amides is 1. The summed E-state index contributed by atoms with van der Waals surface area (Å²) in [5, 5.41) is 0. The van der Waals surface area contributed by atoms with E-state index in [-0.39, 0.29) is 28.1 Å². The van der Waals surface area contributed by atoms with Gasteiger partial charge in [-0.15, -0.1) is 0 Å². The smallest absolute Gasteiger partial charge is 0.328 e. The summed E-state index contributed by atoms with van der Waals surface area (Å²) in [7, 11) is 1.39. The Morgan fingerprint density at radius 1 is 1.21 bits per heavy atom. The molecule has 2 N–H and O–H groups in total. The maximum absolute atomic E-state index is 13.1. The fourth-order valence-corrected chi connectivity index (χ4v) is 4.41. The molecule has 0 aromatic heterocycles. The second-order valence-corrected chi connectivity index (χ2v) is 9.42. The Bertz CT molecular complexity index is 509. The van der Waals surface area contributed by atoms with Crippen LogP contribution in [-0.2, 0) is 14.3 Å². The lowest BCUT2D eigenvalue weighted by Crippen LogP contribution is -2.54. The van der Waals surface area contributed by atoms with Crippen molar-refractivity contribution in [3.63, 3.8) is 0 Å². The van der Waals surface area contributed by atoms with E-state index in [9.17, 15) is 9.59 Å². The third kappa shape index (κ3) is 3.19. The Labute approximate surface area is 146 Å². The molecular formula is C19H34N2O3. The Hall–Kier alpha value is -1.10. The normalized spacial score (nSPS) is 31.1. The molecule has 1 spiro atoms. The highest BCUT2D eigenvalue weighted by molar-refractivity contribution is 5.88. The molecule has 0 aromatic rings. The van der Waals surface area contributed by atoms with Gasteiger partial charge in [0.05, 0.1) is 13.2 Å². The van der Waals surface area contributed by atoms with E-state index in [0.29, 0.717) is 13.0 Å². The molecule has 3 atom stereocenters. The van der Waals surface area contributed by atoms with Gasteiger partial charge in [-0.3, -0.25) is 4.79 Å². The number of rotatable bonds is 2. The zero-order chi connectivity index (χ0) is 18.3. The molecule has 1 saturated carbocycles. The van der Waals surface area contributed by atoms with Gasteiger partial charge in [0.2, 0.25) is 5.91 Å². The third-order valence-electron chi connectivity index (χ3n) is 6.53. The van der Waals surface area contributed by atoms with Crippen LogP contribution in [0.15, 0.2) is 0 Å². The van der Waals surface area contributed by atoms with Crippen molar-refractivity contribution in [2.24, 2.45) is 22.0 Å². The molecule has 2 rings (SSSR count). The maximum Gasteiger partial charge on any atom is 0.328 e. The van der Waals surface area contributed by atoms with Crippen molar-refractivity contribution >= 4 is 11.9 Å². The van der Waals surface area contributed by atoms with Crippen molar-refractivity contribution in [3.05, 3.63) is 0 Å². The number of carbonyl (C=O) groups excluding carboxylic acids is 2. The standard InChI is InChI=1S/C19H34N2O3/c1-17(2,3)14(20)15(22)21-12-19(11-13(21)16(23)24-6)10-8-7-9-18(19,4)5/h13-14H,7-12,20H2,1-6H3. The second-order valence-electron chi connectivity index (χ2n) is 9.42. The van der Waals surface area contributed by atoms with E-state index in [4.69, 9.17) is 10.5 Å². The fraction of sp³-hybridized carbons (Fsp3) is 0.895. The number of carbonyl (C=O) groups is 2. The molecule has 138 valence electrons. The Kier molecular flexibility index (Phi) is 5.06. The molecular weight excluding hydrogens is 304 g/mol. The monoisotopic (exact) mass is 338 g/mol. The summed E-state index contributed by atoms with van der Waals surface area (Å²) in [4.78, 5) is 27.2. The Balaban J connectivity index is 2.35. The first-order valence-corrected chi connectivity index (χ1v) is 9.09. The molecule has 2 aliphatic rings. The molecule has 3 unspecified atom stereocenters. The summed E-state index contributed by atoms with van der Waals surface area (Å²) < 4.78 is 5.01. The van der Waals surface area contributed by atoms with Gasteiger partial charge < -0.3 is 15.4 Å². The van der Waals surface area contributed by atoms with Crippen molar-refractivity contribution in [1.82, 2.24) is 4.90 Å². The van der Waals surface area contributed by atoms with Crippen LogP contribution in [0.3, 0.4) is 0 Å². The summed E-state index contributed by atoms with van der Waals surface area (Å²) >= 11 is 0. The van der Waals surface area contributed by atoms with Gasteiger partial charge in [0.1, 0.15) is 6.04 Å². The minimum absolute atomic E-state index is 0.0165. The quantitative estimate of drug-likeness (QED) is 0.786. The summed E-state index contributed by atoms with van der Waals surface area (Å²) in [6, 6.07) is -1.13. The molecule has 24 heavy (non-hydrogen) atoms. The summed E-state index contributed by atoms with van der Waals surface area (Å²) in [6.45, 7) is 11.0. The molecule has 0 bridgehead atoms. The summed E-state index contributed by atoms with van der Waals surface area (Å²) in [5.74, 6) is -0.446. The van der Waals surface area contributed by atoms with Crippen LogP contribution in [0.2, 0.25) is 0 Å². The van der Waals surface area contributed by atoms with E-state index in [1.807, 2.05) is 20.8 Å². The first-order chi connectivity index (χ1) is 11.0. The fourth-order valence-electron chi connectivity index (χ4n) is 4.41. The number of methoxy groups -OCH3 is 1. The van der Waals surface area contributed by atoms with Crippen LogP contribution >= 0.6 is 0 Å². The van der Waals surface area contributed by atoms with Crippen molar-refractivity contribution in [1.29, 1.82) is 0 Å². The highest BCUT2D eigenvalue weighted by atomic mass is 16.5. The maximum atomic E-state index is 13.1. The average Bonchev–Trinajstić information content (AvgIpc) is 2.88. The molecule has 0 radical (unpaired) electrons. The number of likely N-dealkylation sites (tertiary alicyclic amines) is 1. The van der Waals surface area contributed by atoms with Gasteiger partial charge in [0, 0.05) is 6.54 Å². The van der Waals surface area contributed by atoms with Crippen LogP contribution in [0.25, 0.3) is 0 Å². The zero-order valence-electron chi connectivity index (χ0n) is 16.1. The largest absolute Gasteiger partial charge is 0.467 e. The van der Waals surface area contributed by atoms with E-state index in [0.717, 1.165) is 19.3 Å². The van der Waals surface area contributed by atoms with Crippen LogP contribution in [0.4, 0.5) is 0 Å². The first kappa shape index (κ1) is 19.2. The van der Waals surface area contributed by atoms with Gasteiger partial charge >= 0.3 is 5.97 Å². The minimum atomic E-state index is -0.619. The molecule has 1 aliphatic heterocycles. The highest BCUT2D eigenvalue weighted by Gasteiger charge is 2.57. The number of ether oxygens (including phenoxy) is 1. The number of nitrogens with zero attached hydrogens (tertiary/aromatic N) is 1. The van der Waals surface area contributed by atoms with Gasteiger partial charge in [-0.1, -0.05) is 47.5 Å². The Morgan fingerprint density at radius 2 is 1.79 bits per heavy atom. The minimum Gasteiger partial charge on any atom is -0.467 e. The lowest BCUT2D eigenvalue weighted by atomic mass is 9.57. The third-order valence-corrected chi connectivity index (χ3v) is 6.53. The van der Waals surface area contributed by atoms with Gasteiger partial charge in [0.15, 0.2) is 0 Å². The van der Waals surface area contributed by atoms with Gasteiger partial charge in [-0.25, -0.2) is 4.79 Å². The van der Waals surface area contributed by atoms with Crippen molar-refractivity contribution in [2.75, 3.05) is 13.7 Å². The average molecular weight is 338 g/mol. The van der Waals surface area contributed by atoms with Gasteiger partial charge in [-0.2, -0.15) is 0 Å². The van der Waals surface area contributed by atoms with Crippen molar-refractivity contribution < 1.29 is 14.3 Å². The number of nitrogens with two attached hydrogens (primary N) is 1. The topological polar surface area (TPSA) is 72.6 Å². The van der Waals surface area contributed by atoms with Crippen molar-refractivity contribution in [2.45, 2.75) is 78.8 Å². The van der Waals surface area contributed by atoms with Crippen LogP contribution < -0.4 is 5.73 Å². The van der Waals surface area contributed by atoms with Crippen LogP contribution in [0.1, 0.15) is 66.7 Å². The molecule has 1 aliphatic carbocycles. The lowest BCUT2D eigenvalue weighted by molar-refractivity contribution is -0.152. The number of hydrogen-bond donors (Lipinski definition) is 1. The van der Waals surface area contributed by atoms with Crippen LogP contribution in [0.5, 0.6) is 0 Å². The SMILES string of the molecule is COC(=O)C1CC2(CCCCC2(C)C)CN1C(=O)C(N)C(C)(C)C. The molecule has 1 amide bonds. The number of hydrogen-bond acceptors (Lipinski definition) is 4. The molecule has 5 nitrogen and oxygen atoms in total. The molecule has 0 aromatic carbocycles. The second kappa shape index (κ2) is 6.32. The zero-order valence-corrected chi connectivity index (χ0v) is 16.1. The lowest BCUT2D eigenvalue weighted by Gasteiger charge is -2.48. The number of esters is 1. The predicted molar refractivity (Wildman–Crippen MR) is 94.2 cm³/mol. The van der Waals surface area contributed by atoms with Crippen LogP contribution in [0, 0.1) is 16.2 Å². The van der Waals surface area contributed by atoms with Crippen molar-refractivity contribution in [3.8, 4) is 0 Å². The highest BCUT2D eigenvalue weighted by Crippen LogP contribution is 2.57. The van der Waals surface area contributed by atoms with E-state index in [1.165, 1.54) is 13.5 Å². The van der Waals surface area contributed by atoms with Gasteiger partial charge in [0.25, 0.3) is 0 Å². The molecule has 1 saturated heterocycles. The van der Waals surface area contributed by atoms with E-state index in [1.54, 1.807) is 4.90 Å². The first-order valence-electron chi connectivity index (χ1n) is 9.09. The molecule has 2 fully saturated rings. The van der Waals surface area contributed by atoms with E-state index < -0.39 is 12.1 Å². The summed E-state index contributed by atoms with van der Waals surface area (Å²) in [6.07, 6.45) is 5.25. The molecule has 5 heteroatoms. The summed E-state index contributed by atoms with van der Waals surface area (Å²) in [5.41, 5.74) is 5.98. The predicted octanol–water partition coefficient (Wildman–Crippen LogP) is 2.72. The Morgan fingerprint density at radius 3 is 2.29 bits per heavy atom. The van der Waals surface area contributed by atoms with E-state index >= 15 is 0 Å². The van der Waals surface area contributed by atoms with Gasteiger partial charge in [-0.05, 0) is 35.5 Å². The van der Waals surface area contributed by atoms with E-state index in [2.05, 4.69) is 13.8 Å².